The summed E-state index contributed by atoms with van der Waals surface area (Å²) in [6, 6.07) is 18.2. The fourth-order valence-corrected chi connectivity index (χ4v) is 9.32. The fourth-order valence-electron chi connectivity index (χ4n) is 8.83. The average Bonchev–Trinajstić information content (AvgIpc) is 3.38. The summed E-state index contributed by atoms with van der Waals surface area (Å²) in [4.78, 5) is 50.6. The van der Waals surface area contributed by atoms with Crippen LogP contribution in [0.2, 0.25) is 0 Å². The van der Waals surface area contributed by atoms with Crippen LogP contribution in [-0.2, 0) is 14.4 Å². The van der Waals surface area contributed by atoms with E-state index in [1.165, 1.54) is 22.4 Å². The quantitative estimate of drug-likeness (QED) is 0.247. The van der Waals surface area contributed by atoms with Crippen molar-refractivity contribution in [1.82, 2.24) is 0 Å². The highest BCUT2D eigenvalue weighted by atomic mass is 32.2. The van der Waals surface area contributed by atoms with Crippen molar-refractivity contribution in [1.29, 1.82) is 0 Å². The largest absolute Gasteiger partial charge is 0.378 e. The van der Waals surface area contributed by atoms with Crippen molar-refractivity contribution < 1.29 is 19.2 Å². The smallest absolute Gasteiger partial charge is 0.196 e. The molecule has 0 saturated heterocycles. The number of hydrogen-bond donors (Lipinski definition) is 0. The number of ketones is 3. The molecule has 5 unspecified atom stereocenters. The standard InChI is InChI=1S/C36H41NO3S.CH2O/c1-36-20-28(22-10-12-24(13-11-22)37(2)3)33-25-16-19-31(38)34(35(40)23-8-6-5-7-9-23)26(25)14-15-27(33)29(36)17-18-30(36)32(39)21-41-4;1-2/h5-13,27-30H,14-21H2,1-4H3;1H2. The SMILES string of the molecule is C=O.CSCC(=O)C1CCC2C3CCC4=C(C(=O)c5ccccc5)C(=O)CCC4=C3C(c3ccc(N(C)C)cc3)CC12C. The van der Waals surface area contributed by atoms with Crippen LogP contribution in [0.4, 0.5) is 5.69 Å². The molecule has 0 bridgehead atoms. The molecule has 0 spiro atoms. The number of carbonyl (C=O) groups excluding carboxylic acids is 4. The second kappa shape index (κ2) is 12.8. The summed E-state index contributed by atoms with van der Waals surface area (Å²) in [6.45, 7) is 4.40. The van der Waals surface area contributed by atoms with E-state index in [-0.39, 0.29) is 28.8 Å². The molecule has 4 aliphatic carbocycles. The number of rotatable bonds is 7. The zero-order valence-corrected chi connectivity index (χ0v) is 26.7. The molecular weight excluding hydrogens is 554 g/mol. The fraction of sp³-hybridized carbons (Fsp3) is 0.459. The third-order valence-electron chi connectivity index (χ3n) is 10.7. The van der Waals surface area contributed by atoms with E-state index in [1.807, 2.05) is 43.4 Å². The van der Waals surface area contributed by atoms with Gasteiger partial charge in [-0.1, -0.05) is 55.0 Å². The van der Waals surface area contributed by atoms with Crippen molar-refractivity contribution in [3.05, 3.63) is 88.0 Å². The van der Waals surface area contributed by atoms with Crippen LogP contribution in [0, 0.1) is 23.2 Å². The minimum absolute atomic E-state index is 0.00669. The van der Waals surface area contributed by atoms with Gasteiger partial charge >= 0.3 is 0 Å². The number of Topliss-reactive ketones (excluding diaryl/α,β-unsaturated/α-hetero) is 3. The first-order chi connectivity index (χ1) is 20.7. The minimum Gasteiger partial charge on any atom is -0.378 e. The maximum atomic E-state index is 13.7. The molecule has 226 valence electrons. The Balaban J connectivity index is 0.00000180. The summed E-state index contributed by atoms with van der Waals surface area (Å²) in [7, 11) is 4.12. The molecule has 0 amide bonds. The van der Waals surface area contributed by atoms with Crippen LogP contribution >= 0.6 is 11.8 Å². The molecule has 4 aliphatic rings. The van der Waals surface area contributed by atoms with E-state index >= 15 is 0 Å². The number of thioether (sulfide) groups is 1. The van der Waals surface area contributed by atoms with Gasteiger partial charge in [0.05, 0.1) is 11.3 Å². The first kappa shape index (κ1) is 31.2. The van der Waals surface area contributed by atoms with E-state index in [0.717, 1.165) is 44.1 Å². The Labute approximate surface area is 260 Å². The van der Waals surface area contributed by atoms with Gasteiger partial charge in [-0.2, -0.15) is 11.8 Å². The van der Waals surface area contributed by atoms with Crippen LogP contribution in [0.5, 0.6) is 0 Å². The molecule has 0 heterocycles. The minimum atomic E-state index is -0.127. The predicted octanol–water partition coefficient (Wildman–Crippen LogP) is 7.27. The maximum Gasteiger partial charge on any atom is 0.196 e. The van der Waals surface area contributed by atoms with Crippen LogP contribution in [0.1, 0.15) is 73.7 Å². The van der Waals surface area contributed by atoms with Gasteiger partial charge in [0.2, 0.25) is 0 Å². The molecule has 2 fully saturated rings. The van der Waals surface area contributed by atoms with E-state index in [1.54, 1.807) is 11.8 Å². The number of carbonyl (C=O) groups is 4. The average molecular weight is 598 g/mol. The lowest BCUT2D eigenvalue weighted by Crippen LogP contribution is -2.45. The van der Waals surface area contributed by atoms with Gasteiger partial charge in [0.1, 0.15) is 12.6 Å². The Hall–Kier alpha value is -3.25. The Morgan fingerprint density at radius 1 is 0.930 bits per heavy atom. The van der Waals surface area contributed by atoms with Crippen molar-refractivity contribution in [2.45, 2.75) is 57.8 Å². The molecule has 5 atom stereocenters. The molecule has 0 aliphatic heterocycles. The van der Waals surface area contributed by atoms with E-state index < -0.39 is 0 Å². The number of fused-ring (bicyclic) bond motifs is 4. The lowest BCUT2D eigenvalue weighted by atomic mass is 9.51. The topological polar surface area (TPSA) is 71.5 Å². The van der Waals surface area contributed by atoms with E-state index in [0.29, 0.717) is 40.9 Å². The van der Waals surface area contributed by atoms with Crippen LogP contribution in [-0.4, -0.2) is 50.2 Å². The van der Waals surface area contributed by atoms with Gasteiger partial charge in [-0.15, -0.1) is 0 Å². The lowest BCUT2D eigenvalue weighted by molar-refractivity contribution is -0.125. The number of nitrogens with zero attached hydrogens (tertiary/aromatic N) is 1. The van der Waals surface area contributed by atoms with E-state index in [4.69, 9.17) is 4.79 Å². The molecule has 6 rings (SSSR count). The molecule has 0 N–H and O–H groups in total. The second-order valence-electron chi connectivity index (χ2n) is 12.9. The van der Waals surface area contributed by atoms with E-state index in [2.05, 4.69) is 50.2 Å². The summed E-state index contributed by atoms with van der Waals surface area (Å²) in [6.07, 6.45) is 7.87. The Kier molecular flexibility index (Phi) is 9.26. The molecule has 2 aromatic rings. The number of allylic oxidation sites excluding steroid dienone is 4. The van der Waals surface area contributed by atoms with Gasteiger partial charge in [-0.3, -0.25) is 14.4 Å². The molecule has 2 aromatic carbocycles. The van der Waals surface area contributed by atoms with Gasteiger partial charge in [0, 0.05) is 43.6 Å². The Morgan fingerprint density at radius 3 is 2.28 bits per heavy atom. The zero-order chi connectivity index (χ0) is 30.9. The molecule has 5 nitrogen and oxygen atoms in total. The molecule has 2 saturated carbocycles. The van der Waals surface area contributed by atoms with Crippen molar-refractivity contribution >= 4 is 41.6 Å². The van der Waals surface area contributed by atoms with Gasteiger partial charge in [-0.25, -0.2) is 0 Å². The highest BCUT2D eigenvalue weighted by Crippen LogP contribution is 2.66. The highest BCUT2D eigenvalue weighted by molar-refractivity contribution is 7.99. The monoisotopic (exact) mass is 597 g/mol. The van der Waals surface area contributed by atoms with Gasteiger partial charge < -0.3 is 9.69 Å². The Bertz CT molecular complexity index is 1460. The third kappa shape index (κ3) is 5.48. The summed E-state index contributed by atoms with van der Waals surface area (Å²) in [5.74, 6) is 2.02. The second-order valence-corrected chi connectivity index (χ2v) is 13.8. The lowest BCUT2D eigenvalue weighted by Gasteiger charge is -2.52. The molecule has 43 heavy (non-hydrogen) atoms. The molecule has 6 heteroatoms. The van der Waals surface area contributed by atoms with Gasteiger partial charge in [0.25, 0.3) is 0 Å². The van der Waals surface area contributed by atoms with Crippen LogP contribution in [0.15, 0.2) is 76.9 Å². The highest BCUT2D eigenvalue weighted by Gasteiger charge is 2.58. The van der Waals surface area contributed by atoms with Crippen LogP contribution in [0.25, 0.3) is 0 Å². The Morgan fingerprint density at radius 2 is 1.63 bits per heavy atom. The summed E-state index contributed by atoms with van der Waals surface area (Å²) in [5, 5.41) is 0. The van der Waals surface area contributed by atoms with Crippen molar-refractivity contribution in [3.8, 4) is 0 Å². The molecule has 0 aromatic heterocycles. The van der Waals surface area contributed by atoms with Crippen molar-refractivity contribution in [2.75, 3.05) is 31.0 Å². The predicted molar refractivity (Wildman–Crippen MR) is 175 cm³/mol. The number of benzene rings is 2. The normalized spacial score (nSPS) is 27.9. The summed E-state index contributed by atoms with van der Waals surface area (Å²) >= 11 is 1.64. The number of anilines is 1. The van der Waals surface area contributed by atoms with Crippen molar-refractivity contribution in [2.24, 2.45) is 23.2 Å². The van der Waals surface area contributed by atoms with Crippen LogP contribution in [0.3, 0.4) is 0 Å². The zero-order valence-electron chi connectivity index (χ0n) is 25.9. The summed E-state index contributed by atoms with van der Waals surface area (Å²) in [5.41, 5.74) is 7.19. The third-order valence-corrected chi connectivity index (χ3v) is 11.2. The van der Waals surface area contributed by atoms with Crippen molar-refractivity contribution in [3.63, 3.8) is 0 Å². The van der Waals surface area contributed by atoms with Gasteiger partial charge in [0.15, 0.2) is 11.6 Å². The molecule has 0 radical (unpaired) electrons. The first-order valence-electron chi connectivity index (χ1n) is 15.4. The maximum absolute atomic E-state index is 13.7. The molecular formula is C37H43NO4S. The van der Waals surface area contributed by atoms with Gasteiger partial charge in [-0.05, 0) is 90.9 Å². The first-order valence-corrected chi connectivity index (χ1v) is 16.8. The number of hydrogen-bond acceptors (Lipinski definition) is 6. The van der Waals surface area contributed by atoms with Crippen LogP contribution < -0.4 is 4.90 Å². The van der Waals surface area contributed by atoms with E-state index in [9.17, 15) is 14.4 Å². The summed E-state index contributed by atoms with van der Waals surface area (Å²) < 4.78 is 0.